The first-order valence-electron chi connectivity index (χ1n) is 7.59. The van der Waals surface area contributed by atoms with Crippen molar-refractivity contribution in [3.05, 3.63) is 76.7 Å². The summed E-state index contributed by atoms with van der Waals surface area (Å²) in [6.45, 7) is 1.69. The molecule has 0 saturated carbocycles. The molecule has 0 saturated heterocycles. The lowest BCUT2D eigenvalue weighted by Crippen LogP contribution is -2.24. The van der Waals surface area contributed by atoms with Crippen LogP contribution in [0.3, 0.4) is 0 Å². The molecular formula is C18H18N4O2. The number of nitrogens with zero attached hydrogens (tertiary/aromatic N) is 3. The van der Waals surface area contributed by atoms with Crippen LogP contribution in [0.2, 0.25) is 0 Å². The molecule has 3 rings (SSSR count). The first-order chi connectivity index (χ1) is 11.5. The minimum absolute atomic E-state index is 0.0651. The van der Waals surface area contributed by atoms with E-state index in [1.165, 1.54) is 10.9 Å². The molecule has 1 aromatic carbocycles. The van der Waals surface area contributed by atoms with E-state index in [4.69, 9.17) is 0 Å². The van der Waals surface area contributed by atoms with Crippen molar-refractivity contribution in [2.24, 2.45) is 7.05 Å². The van der Waals surface area contributed by atoms with E-state index in [0.717, 1.165) is 5.69 Å². The van der Waals surface area contributed by atoms with Crippen LogP contribution in [0.4, 0.5) is 5.69 Å². The molecule has 0 aliphatic heterocycles. The predicted molar refractivity (Wildman–Crippen MR) is 92.3 cm³/mol. The maximum absolute atomic E-state index is 12.3. The Hall–Kier alpha value is -3.15. The van der Waals surface area contributed by atoms with Crippen LogP contribution >= 0.6 is 0 Å². The number of carbonyl (C=O) groups is 1. The summed E-state index contributed by atoms with van der Waals surface area (Å²) in [4.78, 5) is 28.3. The quantitative estimate of drug-likeness (QED) is 0.799. The fourth-order valence-electron chi connectivity index (χ4n) is 2.48. The highest BCUT2D eigenvalue weighted by Gasteiger charge is 2.11. The fourth-order valence-corrected chi connectivity index (χ4v) is 2.48. The summed E-state index contributed by atoms with van der Waals surface area (Å²) in [5.41, 5.74) is 2.52. The standard InChI is InChI=1S/C18H18N4O2/c1-13-16(19-12-21(2)18(13)24)11-17(23)20-14-6-5-7-15(10-14)22-8-3-4-9-22/h3-10,12H,11H2,1-2H3,(H,20,23). The van der Waals surface area contributed by atoms with E-state index >= 15 is 0 Å². The Morgan fingerprint density at radius 3 is 2.71 bits per heavy atom. The highest BCUT2D eigenvalue weighted by molar-refractivity contribution is 5.92. The zero-order valence-corrected chi connectivity index (χ0v) is 13.6. The van der Waals surface area contributed by atoms with Crippen molar-refractivity contribution in [3.63, 3.8) is 0 Å². The van der Waals surface area contributed by atoms with Gasteiger partial charge in [-0.05, 0) is 37.3 Å². The number of amides is 1. The van der Waals surface area contributed by atoms with Gasteiger partial charge in [0, 0.05) is 36.4 Å². The second-order valence-corrected chi connectivity index (χ2v) is 5.60. The molecule has 0 aliphatic carbocycles. The monoisotopic (exact) mass is 322 g/mol. The zero-order chi connectivity index (χ0) is 17.1. The third kappa shape index (κ3) is 3.27. The number of aromatic nitrogens is 3. The Kier molecular flexibility index (Phi) is 4.29. The van der Waals surface area contributed by atoms with Crippen molar-refractivity contribution < 1.29 is 4.79 Å². The number of hydrogen-bond acceptors (Lipinski definition) is 3. The number of benzene rings is 1. The first kappa shape index (κ1) is 15.7. The summed E-state index contributed by atoms with van der Waals surface area (Å²) >= 11 is 0. The molecule has 6 nitrogen and oxygen atoms in total. The Bertz CT molecular complexity index is 926. The summed E-state index contributed by atoms with van der Waals surface area (Å²) in [5, 5.41) is 2.85. The summed E-state index contributed by atoms with van der Waals surface area (Å²) in [6, 6.07) is 11.4. The van der Waals surface area contributed by atoms with E-state index in [1.807, 2.05) is 53.4 Å². The Labute approximate surface area is 139 Å². The molecule has 0 aliphatic rings. The van der Waals surface area contributed by atoms with Gasteiger partial charge in [-0.15, -0.1) is 0 Å². The van der Waals surface area contributed by atoms with Crippen LogP contribution in [0.25, 0.3) is 5.69 Å². The minimum atomic E-state index is -0.205. The molecule has 1 amide bonds. The van der Waals surface area contributed by atoms with Gasteiger partial charge in [-0.1, -0.05) is 6.07 Å². The number of hydrogen-bond donors (Lipinski definition) is 1. The number of anilines is 1. The van der Waals surface area contributed by atoms with Gasteiger partial charge in [-0.2, -0.15) is 0 Å². The molecule has 0 bridgehead atoms. The van der Waals surface area contributed by atoms with Gasteiger partial charge in [0.05, 0.1) is 18.4 Å². The predicted octanol–water partition coefficient (Wildman–Crippen LogP) is 2.06. The first-order valence-corrected chi connectivity index (χ1v) is 7.59. The van der Waals surface area contributed by atoms with Crippen molar-refractivity contribution in [3.8, 4) is 5.69 Å². The molecule has 1 N–H and O–H groups in total. The van der Waals surface area contributed by atoms with Crippen LogP contribution in [-0.2, 0) is 18.3 Å². The summed E-state index contributed by atoms with van der Waals surface area (Å²) < 4.78 is 3.36. The van der Waals surface area contributed by atoms with Crippen LogP contribution in [0.5, 0.6) is 0 Å². The van der Waals surface area contributed by atoms with E-state index in [0.29, 0.717) is 16.9 Å². The maximum Gasteiger partial charge on any atom is 0.256 e. The third-order valence-electron chi connectivity index (χ3n) is 3.82. The van der Waals surface area contributed by atoms with E-state index in [9.17, 15) is 9.59 Å². The molecule has 2 heterocycles. The summed E-state index contributed by atoms with van der Waals surface area (Å²) in [5.74, 6) is -0.205. The SMILES string of the molecule is Cc1c(CC(=O)Nc2cccc(-n3cccc3)c2)ncn(C)c1=O. The molecule has 24 heavy (non-hydrogen) atoms. The molecule has 6 heteroatoms. The lowest BCUT2D eigenvalue weighted by atomic mass is 10.2. The van der Waals surface area contributed by atoms with Crippen LogP contribution < -0.4 is 10.9 Å². The highest BCUT2D eigenvalue weighted by atomic mass is 16.1. The van der Waals surface area contributed by atoms with Crippen molar-refractivity contribution in [1.82, 2.24) is 14.1 Å². The lowest BCUT2D eigenvalue weighted by molar-refractivity contribution is -0.115. The lowest BCUT2D eigenvalue weighted by Gasteiger charge is -2.09. The molecular weight excluding hydrogens is 304 g/mol. The van der Waals surface area contributed by atoms with Gasteiger partial charge in [0.25, 0.3) is 5.56 Å². The minimum Gasteiger partial charge on any atom is -0.326 e. The van der Waals surface area contributed by atoms with Crippen molar-refractivity contribution in [1.29, 1.82) is 0 Å². The molecule has 0 radical (unpaired) electrons. The molecule has 3 aromatic rings. The van der Waals surface area contributed by atoms with Gasteiger partial charge in [-0.3, -0.25) is 9.59 Å². The topological polar surface area (TPSA) is 68.9 Å². The normalized spacial score (nSPS) is 10.6. The van der Waals surface area contributed by atoms with E-state index in [2.05, 4.69) is 10.3 Å². The Balaban J connectivity index is 1.75. The second-order valence-electron chi connectivity index (χ2n) is 5.60. The molecule has 0 unspecified atom stereocenters. The van der Waals surface area contributed by atoms with Crippen LogP contribution in [-0.4, -0.2) is 20.0 Å². The number of rotatable bonds is 4. The number of aryl methyl sites for hydroxylation is 1. The molecule has 0 atom stereocenters. The van der Waals surface area contributed by atoms with Gasteiger partial charge in [0.15, 0.2) is 0 Å². The summed E-state index contributed by atoms with van der Waals surface area (Å²) in [7, 11) is 1.64. The molecule has 122 valence electrons. The number of nitrogens with one attached hydrogen (secondary N) is 1. The van der Waals surface area contributed by atoms with E-state index in [-0.39, 0.29) is 17.9 Å². The van der Waals surface area contributed by atoms with Gasteiger partial charge < -0.3 is 14.5 Å². The highest BCUT2D eigenvalue weighted by Crippen LogP contribution is 2.15. The van der Waals surface area contributed by atoms with Crippen LogP contribution in [0.1, 0.15) is 11.3 Å². The second kappa shape index (κ2) is 6.54. The van der Waals surface area contributed by atoms with Gasteiger partial charge >= 0.3 is 0 Å². The van der Waals surface area contributed by atoms with Crippen LogP contribution in [0, 0.1) is 6.92 Å². The van der Waals surface area contributed by atoms with Crippen molar-refractivity contribution in [2.45, 2.75) is 13.3 Å². The third-order valence-corrected chi connectivity index (χ3v) is 3.82. The number of carbonyl (C=O) groups excluding carboxylic acids is 1. The van der Waals surface area contributed by atoms with Gasteiger partial charge in [-0.25, -0.2) is 4.98 Å². The van der Waals surface area contributed by atoms with Crippen molar-refractivity contribution >= 4 is 11.6 Å². The molecule has 2 aromatic heterocycles. The van der Waals surface area contributed by atoms with E-state index < -0.39 is 0 Å². The largest absolute Gasteiger partial charge is 0.326 e. The molecule has 0 spiro atoms. The van der Waals surface area contributed by atoms with E-state index in [1.54, 1.807) is 14.0 Å². The summed E-state index contributed by atoms with van der Waals surface area (Å²) in [6.07, 6.45) is 5.38. The average molecular weight is 322 g/mol. The van der Waals surface area contributed by atoms with Gasteiger partial charge in [0.2, 0.25) is 5.91 Å². The smallest absolute Gasteiger partial charge is 0.256 e. The Morgan fingerprint density at radius 1 is 1.21 bits per heavy atom. The van der Waals surface area contributed by atoms with Gasteiger partial charge in [0.1, 0.15) is 0 Å². The Morgan fingerprint density at radius 2 is 1.96 bits per heavy atom. The fraction of sp³-hybridized carbons (Fsp3) is 0.167. The van der Waals surface area contributed by atoms with Crippen molar-refractivity contribution in [2.75, 3.05) is 5.32 Å². The maximum atomic E-state index is 12.3. The zero-order valence-electron chi connectivity index (χ0n) is 13.6. The average Bonchev–Trinajstić information content (AvgIpc) is 3.10. The molecule has 0 fully saturated rings. The van der Waals surface area contributed by atoms with Crippen LogP contribution in [0.15, 0.2) is 59.9 Å².